The van der Waals surface area contributed by atoms with Crippen molar-refractivity contribution in [1.82, 2.24) is 5.32 Å². The first-order valence-electron chi connectivity index (χ1n) is 8.63. The van der Waals surface area contributed by atoms with Gasteiger partial charge >= 0.3 is 5.97 Å². The number of carbonyl (C=O) groups excluding carboxylic acids is 1. The maximum absolute atomic E-state index is 12.7. The topological polar surface area (TPSA) is 66.4 Å². The summed E-state index contributed by atoms with van der Waals surface area (Å²) in [4.78, 5) is 24.2. The Labute approximate surface area is 137 Å². The molecule has 5 atom stereocenters. The van der Waals surface area contributed by atoms with Crippen LogP contribution in [0.3, 0.4) is 0 Å². The van der Waals surface area contributed by atoms with Crippen molar-refractivity contribution >= 4 is 11.9 Å². The van der Waals surface area contributed by atoms with E-state index in [1.54, 1.807) is 0 Å². The highest BCUT2D eigenvalue weighted by molar-refractivity contribution is 5.86. The van der Waals surface area contributed by atoms with Gasteiger partial charge < -0.3 is 10.4 Å². The Bertz CT molecular complexity index is 595. The zero-order valence-corrected chi connectivity index (χ0v) is 13.8. The zero-order valence-electron chi connectivity index (χ0n) is 13.8. The van der Waals surface area contributed by atoms with Crippen molar-refractivity contribution in [3.63, 3.8) is 0 Å². The van der Waals surface area contributed by atoms with E-state index < -0.39 is 11.9 Å². The van der Waals surface area contributed by atoms with Crippen LogP contribution in [0.4, 0.5) is 0 Å². The number of nitrogens with one attached hydrogen (secondary N) is 1. The first-order valence-corrected chi connectivity index (χ1v) is 8.63. The normalized spacial score (nSPS) is 30.2. The van der Waals surface area contributed by atoms with Gasteiger partial charge in [-0.15, -0.1) is 0 Å². The number of hydrogen-bond acceptors (Lipinski definition) is 2. The molecule has 2 N–H and O–H groups in total. The summed E-state index contributed by atoms with van der Waals surface area (Å²) in [6, 6.07) is 8.14. The summed E-state index contributed by atoms with van der Waals surface area (Å²) in [5.41, 5.74) is 2.33. The number of carboxylic acid groups (broad SMARTS) is 1. The Morgan fingerprint density at radius 2 is 1.78 bits per heavy atom. The van der Waals surface area contributed by atoms with Crippen LogP contribution in [-0.2, 0) is 16.0 Å². The molecule has 3 rings (SSSR count). The van der Waals surface area contributed by atoms with Gasteiger partial charge in [0.05, 0.1) is 17.9 Å². The fraction of sp³-hybridized carbons (Fsp3) is 0.579. The van der Waals surface area contributed by atoms with Gasteiger partial charge in [-0.2, -0.15) is 0 Å². The van der Waals surface area contributed by atoms with Gasteiger partial charge in [0.1, 0.15) is 0 Å². The summed E-state index contributed by atoms with van der Waals surface area (Å²) in [7, 11) is 0. The van der Waals surface area contributed by atoms with Crippen LogP contribution in [0.15, 0.2) is 24.3 Å². The standard InChI is InChI=1S/C19H25NO3/c1-3-12-4-6-13(7-5-12)11(2)20-18(21)16-14-8-9-15(10-14)17(16)19(22)23/h4-7,11,14-17H,3,8-10H2,1-2H3,(H,20,21)(H,22,23). The van der Waals surface area contributed by atoms with Gasteiger partial charge in [-0.1, -0.05) is 31.2 Å². The van der Waals surface area contributed by atoms with E-state index in [9.17, 15) is 14.7 Å². The quantitative estimate of drug-likeness (QED) is 0.877. The van der Waals surface area contributed by atoms with Gasteiger partial charge in [-0.25, -0.2) is 0 Å². The van der Waals surface area contributed by atoms with Crippen LogP contribution in [0, 0.1) is 23.7 Å². The van der Waals surface area contributed by atoms with E-state index in [0.29, 0.717) is 0 Å². The van der Waals surface area contributed by atoms with E-state index in [4.69, 9.17) is 0 Å². The van der Waals surface area contributed by atoms with Crippen molar-refractivity contribution < 1.29 is 14.7 Å². The summed E-state index contributed by atoms with van der Waals surface area (Å²) >= 11 is 0. The molecular formula is C19H25NO3. The molecule has 1 aromatic rings. The fourth-order valence-corrected chi connectivity index (χ4v) is 4.46. The number of carboxylic acids is 1. The number of benzene rings is 1. The van der Waals surface area contributed by atoms with Crippen molar-refractivity contribution in [2.45, 2.75) is 45.6 Å². The highest BCUT2D eigenvalue weighted by Gasteiger charge is 2.54. The molecule has 1 aromatic carbocycles. The third-order valence-corrected chi connectivity index (χ3v) is 5.75. The predicted molar refractivity (Wildman–Crippen MR) is 87.8 cm³/mol. The number of fused-ring (bicyclic) bond motifs is 2. The molecule has 124 valence electrons. The van der Waals surface area contributed by atoms with Crippen molar-refractivity contribution in [2.75, 3.05) is 0 Å². The van der Waals surface area contributed by atoms with E-state index in [2.05, 4.69) is 24.4 Å². The lowest BCUT2D eigenvalue weighted by Gasteiger charge is -2.28. The first-order chi connectivity index (χ1) is 11.0. The number of amides is 1. The fourth-order valence-electron chi connectivity index (χ4n) is 4.46. The summed E-state index contributed by atoms with van der Waals surface area (Å²) in [5, 5.41) is 12.5. The molecule has 2 aliphatic carbocycles. The number of hydrogen-bond donors (Lipinski definition) is 2. The molecule has 2 fully saturated rings. The average Bonchev–Trinajstić information content (AvgIpc) is 3.15. The van der Waals surface area contributed by atoms with Crippen molar-refractivity contribution in [1.29, 1.82) is 0 Å². The van der Waals surface area contributed by atoms with Gasteiger partial charge in [0.15, 0.2) is 0 Å². The lowest BCUT2D eigenvalue weighted by Crippen LogP contribution is -2.42. The van der Waals surface area contributed by atoms with Crippen molar-refractivity contribution in [3.8, 4) is 0 Å². The van der Waals surface area contributed by atoms with Crippen LogP contribution >= 0.6 is 0 Å². The SMILES string of the molecule is CCc1ccc(C(C)NC(=O)C2C3CCC(C3)C2C(=O)O)cc1. The monoisotopic (exact) mass is 315 g/mol. The first kappa shape index (κ1) is 16.0. The lowest BCUT2D eigenvalue weighted by atomic mass is 9.78. The maximum Gasteiger partial charge on any atom is 0.307 e. The van der Waals surface area contributed by atoms with Crippen LogP contribution in [-0.4, -0.2) is 17.0 Å². The molecule has 2 saturated carbocycles. The lowest BCUT2D eigenvalue weighted by molar-refractivity contribution is -0.149. The number of aryl methyl sites for hydroxylation is 1. The summed E-state index contributed by atoms with van der Waals surface area (Å²) in [6.07, 6.45) is 3.84. The molecule has 0 spiro atoms. The second-order valence-corrected chi connectivity index (χ2v) is 7.05. The molecule has 1 amide bonds. The number of rotatable bonds is 5. The molecule has 4 nitrogen and oxygen atoms in total. The van der Waals surface area contributed by atoms with Crippen molar-refractivity contribution in [2.24, 2.45) is 23.7 Å². The van der Waals surface area contributed by atoms with E-state index in [-0.39, 0.29) is 29.7 Å². The zero-order chi connectivity index (χ0) is 16.6. The van der Waals surface area contributed by atoms with Gasteiger partial charge in [0, 0.05) is 0 Å². The Morgan fingerprint density at radius 3 is 2.35 bits per heavy atom. The second-order valence-electron chi connectivity index (χ2n) is 7.05. The van der Waals surface area contributed by atoms with Crippen LogP contribution in [0.1, 0.15) is 50.3 Å². The van der Waals surface area contributed by atoms with E-state index in [1.807, 2.05) is 19.1 Å². The third kappa shape index (κ3) is 2.99. The van der Waals surface area contributed by atoms with Gasteiger partial charge in [0.2, 0.25) is 5.91 Å². The predicted octanol–water partition coefficient (Wildman–Crippen LogP) is 3.17. The molecule has 2 aliphatic rings. The highest BCUT2D eigenvalue weighted by Crippen LogP contribution is 2.52. The Balaban J connectivity index is 1.69. The largest absolute Gasteiger partial charge is 0.481 e. The number of carbonyl (C=O) groups is 2. The minimum absolute atomic E-state index is 0.0864. The molecule has 0 radical (unpaired) electrons. The van der Waals surface area contributed by atoms with E-state index in [0.717, 1.165) is 31.2 Å². The minimum atomic E-state index is -0.808. The van der Waals surface area contributed by atoms with Crippen LogP contribution in [0.5, 0.6) is 0 Å². The molecule has 0 aromatic heterocycles. The molecule has 0 saturated heterocycles. The highest BCUT2D eigenvalue weighted by atomic mass is 16.4. The smallest absolute Gasteiger partial charge is 0.307 e. The third-order valence-electron chi connectivity index (χ3n) is 5.75. The number of aliphatic carboxylic acids is 1. The summed E-state index contributed by atoms with van der Waals surface area (Å²) < 4.78 is 0. The minimum Gasteiger partial charge on any atom is -0.481 e. The Morgan fingerprint density at radius 1 is 1.17 bits per heavy atom. The molecule has 0 heterocycles. The molecule has 0 aliphatic heterocycles. The van der Waals surface area contributed by atoms with Crippen molar-refractivity contribution in [3.05, 3.63) is 35.4 Å². The Hall–Kier alpha value is -1.84. The van der Waals surface area contributed by atoms with Crippen LogP contribution < -0.4 is 5.32 Å². The molecule has 23 heavy (non-hydrogen) atoms. The summed E-state index contributed by atoms with van der Waals surface area (Å²) in [5.74, 6) is -1.32. The molecule has 4 heteroatoms. The van der Waals surface area contributed by atoms with Gasteiger partial charge in [-0.05, 0) is 55.6 Å². The van der Waals surface area contributed by atoms with Crippen LogP contribution in [0.2, 0.25) is 0 Å². The summed E-state index contributed by atoms with van der Waals surface area (Å²) in [6.45, 7) is 4.07. The van der Waals surface area contributed by atoms with Gasteiger partial charge in [-0.3, -0.25) is 9.59 Å². The second kappa shape index (κ2) is 6.34. The Kier molecular flexibility index (Phi) is 4.42. The van der Waals surface area contributed by atoms with Gasteiger partial charge in [0.25, 0.3) is 0 Å². The molecular weight excluding hydrogens is 290 g/mol. The van der Waals surface area contributed by atoms with E-state index >= 15 is 0 Å². The van der Waals surface area contributed by atoms with E-state index in [1.165, 1.54) is 5.56 Å². The molecule has 5 unspecified atom stereocenters. The maximum atomic E-state index is 12.7. The molecule has 2 bridgehead atoms. The van der Waals surface area contributed by atoms with Crippen LogP contribution in [0.25, 0.3) is 0 Å². The average molecular weight is 315 g/mol.